The summed E-state index contributed by atoms with van der Waals surface area (Å²) in [5.41, 5.74) is 1.26. The molecule has 1 aliphatic rings. The lowest BCUT2D eigenvalue weighted by atomic mass is 10.2. The number of hydrogen-bond donors (Lipinski definition) is 1. The fraction of sp³-hybridized carbons (Fsp3) is 0.562. The van der Waals surface area contributed by atoms with Gasteiger partial charge >= 0.3 is 0 Å². The molecule has 4 nitrogen and oxygen atoms in total. The standard InChI is InChI=1S/C16H24N2O2S/c19-12-11-17-7-4-8-18(10-9-17)16(20)14-21-13-15-5-2-1-3-6-15/h1-3,5-6,19H,4,7-14H2. The summed E-state index contributed by atoms with van der Waals surface area (Å²) in [5.74, 6) is 1.67. The Morgan fingerprint density at radius 2 is 1.95 bits per heavy atom. The molecule has 0 unspecified atom stereocenters. The second-order valence-electron chi connectivity index (χ2n) is 5.28. The Morgan fingerprint density at radius 3 is 2.71 bits per heavy atom. The van der Waals surface area contributed by atoms with Gasteiger partial charge in [-0.3, -0.25) is 9.69 Å². The molecule has 0 aliphatic carbocycles. The zero-order chi connectivity index (χ0) is 14.9. The van der Waals surface area contributed by atoms with Gasteiger partial charge in [-0.2, -0.15) is 0 Å². The van der Waals surface area contributed by atoms with Gasteiger partial charge in [0.05, 0.1) is 12.4 Å². The number of carbonyl (C=O) groups is 1. The minimum absolute atomic E-state index is 0.195. The highest BCUT2D eigenvalue weighted by atomic mass is 32.2. The van der Waals surface area contributed by atoms with Crippen LogP contribution in [0.25, 0.3) is 0 Å². The summed E-state index contributed by atoms with van der Waals surface area (Å²) in [4.78, 5) is 16.4. The van der Waals surface area contributed by atoms with E-state index in [0.717, 1.165) is 38.4 Å². The number of aliphatic hydroxyl groups is 1. The van der Waals surface area contributed by atoms with Crippen molar-refractivity contribution in [1.82, 2.24) is 9.80 Å². The summed E-state index contributed by atoms with van der Waals surface area (Å²) in [5, 5.41) is 8.98. The Balaban J connectivity index is 1.70. The highest BCUT2D eigenvalue weighted by Gasteiger charge is 2.18. The molecule has 1 aliphatic heterocycles. The molecular weight excluding hydrogens is 284 g/mol. The van der Waals surface area contributed by atoms with Gasteiger partial charge in [0, 0.05) is 31.9 Å². The van der Waals surface area contributed by atoms with Gasteiger partial charge in [0.15, 0.2) is 0 Å². The van der Waals surface area contributed by atoms with E-state index in [1.165, 1.54) is 5.56 Å². The van der Waals surface area contributed by atoms with Crippen molar-refractivity contribution >= 4 is 17.7 Å². The van der Waals surface area contributed by atoms with Crippen LogP contribution in [-0.2, 0) is 10.5 Å². The topological polar surface area (TPSA) is 43.8 Å². The van der Waals surface area contributed by atoms with E-state index in [9.17, 15) is 4.79 Å². The maximum atomic E-state index is 12.2. The van der Waals surface area contributed by atoms with Gasteiger partial charge < -0.3 is 10.0 Å². The van der Waals surface area contributed by atoms with Crippen LogP contribution >= 0.6 is 11.8 Å². The summed E-state index contributed by atoms with van der Waals surface area (Å²) in [7, 11) is 0. The number of rotatable bonds is 6. The fourth-order valence-corrected chi connectivity index (χ4v) is 3.39. The van der Waals surface area contributed by atoms with Crippen molar-refractivity contribution in [3.8, 4) is 0 Å². The molecule has 2 rings (SSSR count). The highest BCUT2D eigenvalue weighted by Crippen LogP contribution is 2.13. The van der Waals surface area contributed by atoms with E-state index >= 15 is 0 Å². The predicted molar refractivity (Wildman–Crippen MR) is 87.3 cm³/mol. The molecule has 1 amide bonds. The van der Waals surface area contributed by atoms with Crippen molar-refractivity contribution in [2.75, 3.05) is 45.1 Å². The third kappa shape index (κ3) is 5.69. The molecule has 0 spiro atoms. The molecule has 21 heavy (non-hydrogen) atoms. The first-order chi connectivity index (χ1) is 10.3. The molecule has 0 saturated carbocycles. The van der Waals surface area contributed by atoms with E-state index in [1.54, 1.807) is 11.8 Å². The normalized spacial score (nSPS) is 16.7. The number of β-amino-alcohol motifs (C(OH)–C–C–N with tert-alkyl or cyclic N) is 1. The molecule has 0 aromatic heterocycles. The summed E-state index contributed by atoms with van der Waals surface area (Å²) >= 11 is 1.68. The SMILES string of the molecule is O=C(CSCc1ccccc1)N1CCCN(CCO)CC1. The first-order valence-electron chi connectivity index (χ1n) is 7.52. The number of carbonyl (C=O) groups excluding carboxylic acids is 1. The van der Waals surface area contributed by atoms with Crippen molar-refractivity contribution in [2.45, 2.75) is 12.2 Å². The number of thioether (sulfide) groups is 1. The summed E-state index contributed by atoms with van der Waals surface area (Å²) in [6.07, 6.45) is 0.995. The molecule has 5 heteroatoms. The van der Waals surface area contributed by atoms with E-state index in [4.69, 9.17) is 5.11 Å². The molecule has 1 saturated heterocycles. The minimum Gasteiger partial charge on any atom is -0.395 e. The number of nitrogens with zero attached hydrogens (tertiary/aromatic N) is 2. The van der Waals surface area contributed by atoms with Gasteiger partial charge in [-0.15, -0.1) is 11.8 Å². The minimum atomic E-state index is 0.195. The van der Waals surface area contributed by atoms with E-state index in [1.807, 2.05) is 23.1 Å². The highest BCUT2D eigenvalue weighted by molar-refractivity contribution is 7.99. The zero-order valence-corrected chi connectivity index (χ0v) is 13.2. The molecule has 1 aromatic rings. The molecule has 1 N–H and O–H groups in total. The number of amides is 1. The maximum Gasteiger partial charge on any atom is 0.232 e. The average molecular weight is 308 g/mol. The van der Waals surface area contributed by atoms with Crippen molar-refractivity contribution in [3.63, 3.8) is 0 Å². The van der Waals surface area contributed by atoms with Crippen LogP contribution in [0.4, 0.5) is 0 Å². The van der Waals surface area contributed by atoms with Crippen LogP contribution < -0.4 is 0 Å². The van der Waals surface area contributed by atoms with Crippen LogP contribution in [0.3, 0.4) is 0 Å². The summed E-state index contributed by atoms with van der Waals surface area (Å²) in [6.45, 7) is 4.38. The van der Waals surface area contributed by atoms with Crippen molar-refractivity contribution < 1.29 is 9.90 Å². The molecule has 0 radical (unpaired) electrons. The third-order valence-electron chi connectivity index (χ3n) is 3.69. The Kier molecular flexibility index (Phi) is 7.06. The Labute approximate surface area is 131 Å². The van der Waals surface area contributed by atoms with E-state index in [-0.39, 0.29) is 12.5 Å². The van der Waals surface area contributed by atoms with Crippen molar-refractivity contribution in [1.29, 1.82) is 0 Å². The molecule has 1 heterocycles. The summed E-state index contributed by atoms with van der Waals surface area (Å²) in [6, 6.07) is 10.3. The number of benzene rings is 1. The Hall–Kier alpha value is -1.04. The lowest BCUT2D eigenvalue weighted by molar-refractivity contribution is -0.128. The molecule has 1 fully saturated rings. The Morgan fingerprint density at radius 1 is 1.14 bits per heavy atom. The van der Waals surface area contributed by atoms with E-state index in [0.29, 0.717) is 12.3 Å². The number of hydrogen-bond acceptors (Lipinski definition) is 4. The molecule has 0 atom stereocenters. The fourth-order valence-electron chi connectivity index (χ4n) is 2.51. The number of aliphatic hydroxyl groups excluding tert-OH is 1. The molecule has 1 aromatic carbocycles. The average Bonchev–Trinajstić information content (AvgIpc) is 2.74. The van der Waals surface area contributed by atoms with Gasteiger partial charge in [-0.1, -0.05) is 30.3 Å². The van der Waals surface area contributed by atoms with Gasteiger partial charge in [0.2, 0.25) is 5.91 Å². The second kappa shape index (κ2) is 9.07. The predicted octanol–water partition coefficient (Wildman–Crippen LogP) is 1.45. The smallest absolute Gasteiger partial charge is 0.232 e. The third-order valence-corrected chi connectivity index (χ3v) is 4.68. The van der Waals surface area contributed by atoms with E-state index < -0.39 is 0 Å². The first-order valence-corrected chi connectivity index (χ1v) is 8.67. The van der Waals surface area contributed by atoms with Crippen molar-refractivity contribution in [3.05, 3.63) is 35.9 Å². The Bertz CT molecular complexity index is 428. The van der Waals surface area contributed by atoms with Gasteiger partial charge in [-0.05, 0) is 18.5 Å². The first kappa shape index (κ1) is 16.3. The monoisotopic (exact) mass is 308 g/mol. The van der Waals surface area contributed by atoms with Crippen LogP contribution in [0.15, 0.2) is 30.3 Å². The van der Waals surface area contributed by atoms with Crippen LogP contribution in [-0.4, -0.2) is 65.9 Å². The van der Waals surface area contributed by atoms with Crippen LogP contribution in [0, 0.1) is 0 Å². The van der Waals surface area contributed by atoms with Gasteiger partial charge in [-0.25, -0.2) is 0 Å². The zero-order valence-electron chi connectivity index (χ0n) is 12.4. The van der Waals surface area contributed by atoms with Crippen LogP contribution in [0.5, 0.6) is 0 Å². The summed E-state index contributed by atoms with van der Waals surface area (Å²) < 4.78 is 0. The largest absolute Gasteiger partial charge is 0.395 e. The van der Waals surface area contributed by atoms with Crippen molar-refractivity contribution in [2.24, 2.45) is 0 Å². The van der Waals surface area contributed by atoms with Gasteiger partial charge in [0.25, 0.3) is 0 Å². The second-order valence-corrected chi connectivity index (χ2v) is 6.26. The van der Waals surface area contributed by atoms with Crippen LogP contribution in [0.2, 0.25) is 0 Å². The van der Waals surface area contributed by atoms with E-state index in [2.05, 4.69) is 17.0 Å². The van der Waals surface area contributed by atoms with Gasteiger partial charge in [0.1, 0.15) is 0 Å². The molecule has 116 valence electrons. The van der Waals surface area contributed by atoms with Crippen LogP contribution in [0.1, 0.15) is 12.0 Å². The lowest BCUT2D eigenvalue weighted by Crippen LogP contribution is -2.36. The maximum absolute atomic E-state index is 12.2. The molecular formula is C16H24N2O2S. The molecule has 0 bridgehead atoms. The quantitative estimate of drug-likeness (QED) is 0.864. The lowest BCUT2D eigenvalue weighted by Gasteiger charge is -2.21.